The molecule has 0 spiro atoms. The summed E-state index contributed by atoms with van der Waals surface area (Å²) < 4.78 is 25.3. The van der Waals surface area contributed by atoms with Crippen molar-refractivity contribution in [2.45, 2.75) is 0 Å². The molecule has 0 aliphatic rings. The van der Waals surface area contributed by atoms with Gasteiger partial charge in [-0.1, -0.05) is 0 Å². The van der Waals surface area contributed by atoms with Crippen LogP contribution in [0.5, 0.6) is 0 Å². The fraction of sp³-hybridized carbons (Fsp3) is 0.400. The number of hydrogen-bond donors (Lipinski definition) is 2. The monoisotopic (exact) mass is 434 g/mol. The molecule has 8 heteroatoms. The lowest BCUT2D eigenvalue weighted by Crippen LogP contribution is -2.29. The predicted molar refractivity (Wildman–Crippen MR) is 113 cm³/mol. The quantitative estimate of drug-likeness (QED) is 0.559. The van der Waals surface area contributed by atoms with Gasteiger partial charge in [0.25, 0.3) is 0 Å². The Hall–Kier alpha value is -1.60. The van der Waals surface area contributed by atoms with Crippen LogP contribution in [-0.2, 0) is 0 Å². The van der Waals surface area contributed by atoms with Crippen molar-refractivity contribution in [1.82, 2.24) is 0 Å². The van der Waals surface area contributed by atoms with Crippen LogP contribution in [0.2, 0.25) is 0 Å². The van der Waals surface area contributed by atoms with Crippen LogP contribution in [0.25, 0.3) is 0 Å². The van der Waals surface area contributed by atoms with Gasteiger partial charge in [-0.25, -0.2) is 8.78 Å². The number of hydrogen-bond acceptors (Lipinski definition) is 4. The molecular formula is C20H26Cl2F2N2O2. The first-order valence-corrected chi connectivity index (χ1v) is 9.97. The van der Waals surface area contributed by atoms with E-state index in [1.54, 1.807) is 29.2 Å². The summed E-state index contributed by atoms with van der Waals surface area (Å²) in [5, 5.41) is 17.6. The Morgan fingerprint density at radius 3 is 1.21 bits per heavy atom. The van der Waals surface area contributed by atoms with Crippen molar-refractivity contribution in [3.05, 3.63) is 60.2 Å². The standard InChI is InChI=1S/C10H12Cl2FN.C10H14FNO2/c11-5-7-14(8-6-12)10-3-1-9(13)2-4-10;11-9-1-3-10(4-2-9)12(5-7-13)6-8-14/h1-4H,5-8H2;1-4,13-14H,5-8H2. The molecule has 0 amide bonds. The van der Waals surface area contributed by atoms with Crippen LogP contribution < -0.4 is 9.80 Å². The number of rotatable bonds is 10. The molecule has 2 aromatic carbocycles. The van der Waals surface area contributed by atoms with E-state index in [2.05, 4.69) is 0 Å². The number of aliphatic hydroxyl groups excluding tert-OH is 2. The van der Waals surface area contributed by atoms with Gasteiger partial charge in [0.1, 0.15) is 11.6 Å². The van der Waals surface area contributed by atoms with Crippen LogP contribution in [-0.4, -0.2) is 61.4 Å². The maximum absolute atomic E-state index is 12.7. The molecule has 0 aromatic heterocycles. The summed E-state index contributed by atoms with van der Waals surface area (Å²) >= 11 is 11.3. The summed E-state index contributed by atoms with van der Waals surface area (Å²) in [6, 6.07) is 12.3. The average Bonchev–Trinajstić information content (AvgIpc) is 2.69. The van der Waals surface area contributed by atoms with Crippen LogP contribution >= 0.6 is 23.2 Å². The Bertz CT molecular complexity index is 576. The zero-order valence-electron chi connectivity index (χ0n) is 15.6. The lowest BCUT2D eigenvalue weighted by Gasteiger charge is -2.22. The van der Waals surface area contributed by atoms with Gasteiger partial charge < -0.3 is 20.0 Å². The predicted octanol–water partition coefficient (Wildman–Crippen LogP) is 3.73. The summed E-state index contributed by atoms with van der Waals surface area (Å²) in [4.78, 5) is 3.82. The van der Waals surface area contributed by atoms with Gasteiger partial charge in [0.05, 0.1) is 13.2 Å². The second-order valence-electron chi connectivity index (χ2n) is 5.75. The van der Waals surface area contributed by atoms with Crippen molar-refractivity contribution >= 4 is 34.6 Å². The smallest absolute Gasteiger partial charge is 0.123 e. The lowest BCUT2D eigenvalue weighted by molar-refractivity contribution is 0.281. The molecule has 4 nitrogen and oxygen atoms in total. The Labute approximate surface area is 174 Å². The van der Waals surface area contributed by atoms with Crippen molar-refractivity contribution < 1.29 is 19.0 Å². The molecule has 0 aliphatic carbocycles. The van der Waals surface area contributed by atoms with Crippen molar-refractivity contribution in [3.63, 3.8) is 0 Å². The summed E-state index contributed by atoms with van der Waals surface area (Å²) in [6.07, 6.45) is 0. The van der Waals surface area contributed by atoms with E-state index in [-0.39, 0.29) is 24.8 Å². The second-order valence-corrected chi connectivity index (χ2v) is 6.51. The maximum atomic E-state index is 12.7. The molecule has 156 valence electrons. The first kappa shape index (κ1) is 24.4. The van der Waals surface area contributed by atoms with Crippen molar-refractivity contribution in [2.75, 3.05) is 61.0 Å². The van der Waals surface area contributed by atoms with Gasteiger partial charge in [-0.15, -0.1) is 23.2 Å². The molecule has 0 saturated heterocycles. The normalized spacial score (nSPS) is 10.2. The summed E-state index contributed by atoms with van der Waals surface area (Å²) in [6.45, 7) is 2.34. The molecule has 2 N–H and O–H groups in total. The maximum Gasteiger partial charge on any atom is 0.123 e. The Morgan fingerprint density at radius 2 is 0.929 bits per heavy atom. The highest BCUT2D eigenvalue weighted by Crippen LogP contribution is 2.15. The van der Waals surface area contributed by atoms with E-state index in [0.717, 1.165) is 24.5 Å². The molecular weight excluding hydrogens is 409 g/mol. The third-order valence-corrected chi connectivity index (χ3v) is 4.17. The molecule has 0 unspecified atom stereocenters. The van der Waals surface area contributed by atoms with E-state index < -0.39 is 0 Å². The van der Waals surface area contributed by atoms with Gasteiger partial charge in [-0.2, -0.15) is 0 Å². The largest absolute Gasteiger partial charge is 0.395 e. The second kappa shape index (κ2) is 14.4. The van der Waals surface area contributed by atoms with Crippen LogP contribution in [0.4, 0.5) is 20.2 Å². The Balaban J connectivity index is 0.000000280. The minimum absolute atomic E-state index is 0.0113. The number of aliphatic hydroxyl groups is 2. The number of anilines is 2. The topological polar surface area (TPSA) is 46.9 Å². The van der Waals surface area contributed by atoms with Crippen molar-refractivity contribution in [2.24, 2.45) is 0 Å². The highest BCUT2D eigenvalue weighted by molar-refractivity contribution is 6.18. The summed E-state index contributed by atoms with van der Waals surface area (Å²) in [5.41, 5.74) is 1.75. The van der Waals surface area contributed by atoms with E-state index in [1.807, 2.05) is 4.90 Å². The SMILES string of the molecule is Fc1ccc(N(CCCl)CCCl)cc1.OCCN(CCO)c1ccc(F)cc1. The van der Waals surface area contributed by atoms with Gasteiger partial charge in [0, 0.05) is 49.3 Å². The molecule has 0 fully saturated rings. The first-order valence-electron chi connectivity index (χ1n) is 8.90. The fourth-order valence-electron chi connectivity index (χ4n) is 2.49. The lowest BCUT2D eigenvalue weighted by atomic mass is 10.3. The molecule has 2 rings (SSSR count). The first-order chi connectivity index (χ1) is 13.5. The van der Waals surface area contributed by atoms with Gasteiger partial charge >= 0.3 is 0 Å². The number of halogens is 4. The third-order valence-electron chi connectivity index (χ3n) is 3.83. The molecule has 28 heavy (non-hydrogen) atoms. The van der Waals surface area contributed by atoms with Crippen LogP contribution in [0.3, 0.4) is 0 Å². The van der Waals surface area contributed by atoms with Crippen molar-refractivity contribution in [1.29, 1.82) is 0 Å². The van der Waals surface area contributed by atoms with Gasteiger partial charge in [-0.3, -0.25) is 0 Å². The Morgan fingerprint density at radius 1 is 0.607 bits per heavy atom. The average molecular weight is 435 g/mol. The van der Waals surface area contributed by atoms with E-state index >= 15 is 0 Å². The van der Waals surface area contributed by atoms with Crippen LogP contribution in [0.1, 0.15) is 0 Å². The molecule has 0 bridgehead atoms. The summed E-state index contributed by atoms with van der Waals surface area (Å²) in [7, 11) is 0. The molecule has 0 heterocycles. The number of benzene rings is 2. The van der Waals surface area contributed by atoms with Crippen LogP contribution in [0.15, 0.2) is 48.5 Å². The zero-order valence-corrected chi connectivity index (χ0v) is 17.1. The van der Waals surface area contributed by atoms with Crippen LogP contribution in [0, 0.1) is 11.6 Å². The van der Waals surface area contributed by atoms with Gasteiger partial charge in [0.15, 0.2) is 0 Å². The fourth-order valence-corrected chi connectivity index (χ4v) is 2.90. The number of nitrogens with zero attached hydrogens (tertiary/aromatic N) is 2. The van der Waals surface area contributed by atoms with E-state index in [0.29, 0.717) is 24.8 Å². The molecule has 2 aromatic rings. The minimum Gasteiger partial charge on any atom is -0.395 e. The molecule has 0 atom stereocenters. The molecule has 0 aliphatic heterocycles. The highest BCUT2D eigenvalue weighted by Gasteiger charge is 2.05. The minimum atomic E-state index is -0.290. The molecule has 0 radical (unpaired) electrons. The molecule has 0 saturated carbocycles. The van der Waals surface area contributed by atoms with E-state index in [1.165, 1.54) is 24.3 Å². The Kier molecular flexibility index (Phi) is 12.6. The van der Waals surface area contributed by atoms with E-state index in [9.17, 15) is 8.78 Å². The zero-order chi connectivity index (χ0) is 20.8. The number of alkyl halides is 2. The summed E-state index contributed by atoms with van der Waals surface area (Å²) in [5.74, 6) is 0.551. The van der Waals surface area contributed by atoms with Gasteiger partial charge in [-0.05, 0) is 48.5 Å². The highest BCUT2D eigenvalue weighted by atomic mass is 35.5. The van der Waals surface area contributed by atoms with Gasteiger partial charge in [0.2, 0.25) is 0 Å². The van der Waals surface area contributed by atoms with E-state index in [4.69, 9.17) is 33.4 Å². The third kappa shape index (κ3) is 9.06. The van der Waals surface area contributed by atoms with Crippen molar-refractivity contribution in [3.8, 4) is 0 Å².